The zero-order valence-electron chi connectivity index (χ0n) is 10.0. The summed E-state index contributed by atoms with van der Waals surface area (Å²) in [6, 6.07) is 10.2. The number of fused-ring (bicyclic) bond motifs is 1. The van der Waals surface area contributed by atoms with Crippen molar-refractivity contribution in [3.63, 3.8) is 0 Å². The lowest BCUT2D eigenvalue weighted by atomic mass is 10.1. The average Bonchev–Trinajstić information content (AvgIpc) is 3.04. The van der Waals surface area contributed by atoms with Gasteiger partial charge in [0.25, 0.3) is 0 Å². The van der Waals surface area contributed by atoms with E-state index in [1.807, 2.05) is 24.4 Å². The van der Waals surface area contributed by atoms with Crippen LogP contribution in [0.4, 0.5) is 0 Å². The smallest absolute Gasteiger partial charge is 0.137 e. The summed E-state index contributed by atoms with van der Waals surface area (Å²) in [5.74, 6) is 0.893. The quantitative estimate of drug-likeness (QED) is 0.738. The number of benzene rings is 1. The first-order valence-corrected chi connectivity index (χ1v) is 6.10. The Hall–Kier alpha value is -2.07. The molecule has 0 radical (unpaired) electrons. The highest BCUT2D eigenvalue weighted by Crippen LogP contribution is 2.23. The molecule has 18 heavy (non-hydrogen) atoms. The molecule has 92 valence electrons. The third-order valence-corrected chi connectivity index (χ3v) is 3.04. The van der Waals surface area contributed by atoms with E-state index in [1.165, 1.54) is 5.39 Å². The normalized spacial score (nSPS) is 11.2. The second-order valence-corrected chi connectivity index (χ2v) is 4.35. The predicted molar refractivity (Wildman–Crippen MR) is 71.2 cm³/mol. The van der Waals surface area contributed by atoms with Gasteiger partial charge in [0.2, 0.25) is 0 Å². The van der Waals surface area contributed by atoms with Crippen LogP contribution in [0.25, 0.3) is 22.2 Å². The molecule has 0 aliphatic carbocycles. The number of hydrogen-bond donors (Lipinski definition) is 2. The Bertz CT molecular complexity index is 654. The maximum atomic E-state index is 5.48. The number of nitrogens with one attached hydrogen (secondary N) is 1. The number of nitrogens with two attached hydrogens (primary N) is 1. The SMILES string of the molecule is NCCCc1cc(-c2ccc3[nH]ccc3c2)no1. The van der Waals surface area contributed by atoms with E-state index in [2.05, 4.69) is 22.3 Å². The molecule has 0 saturated heterocycles. The number of aryl methyl sites for hydroxylation is 1. The summed E-state index contributed by atoms with van der Waals surface area (Å²) in [5, 5.41) is 5.28. The standard InChI is InChI=1S/C14H15N3O/c15-6-1-2-12-9-14(17-18-12)10-3-4-13-11(8-10)5-7-16-13/h3-5,7-9,16H,1-2,6,15H2. The van der Waals surface area contributed by atoms with Gasteiger partial charge in [0.1, 0.15) is 11.5 Å². The Balaban J connectivity index is 1.90. The molecule has 4 heteroatoms. The van der Waals surface area contributed by atoms with Crippen LogP contribution in [0.5, 0.6) is 0 Å². The fourth-order valence-electron chi connectivity index (χ4n) is 2.06. The van der Waals surface area contributed by atoms with Gasteiger partial charge in [0.15, 0.2) is 0 Å². The van der Waals surface area contributed by atoms with Crippen LogP contribution in [-0.4, -0.2) is 16.7 Å². The van der Waals surface area contributed by atoms with Crippen LogP contribution in [0.2, 0.25) is 0 Å². The Labute approximate surface area is 105 Å². The fourth-order valence-corrected chi connectivity index (χ4v) is 2.06. The molecule has 4 nitrogen and oxygen atoms in total. The van der Waals surface area contributed by atoms with Crippen LogP contribution >= 0.6 is 0 Å². The molecule has 0 saturated carbocycles. The zero-order chi connectivity index (χ0) is 12.4. The minimum absolute atomic E-state index is 0.672. The Morgan fingerprint density at radius 2 is 2.17 bits per heavy atom. The molecule has 0 amide bonds. The Kier molecular flexibility index (Phi) is 2.86. The van der Waals surface area contributed by atoms with Crippen LogP contribution in [-0.2, 0) is 6.42 Å². The van der Waals surface area contributed by atoms with Gasteiger partial charge in [-0.25, -0.2) is 0 Å². The number of aromatic amines is 1. The summed E-state index contributed by atoms with van der Waals surface area (Å²) in [7, 11) is 0. The Morgan fingerprint density at radius 1 is 1.22 bits per heavy atom. The van der Waals surface area contributed by atoms with E-state index in [9.17, 15) is 0 Å². The lowest BCUT2D eigenvalue weighted by Gasteiger charge is -1.95. The first kappa shape index (κ1) is 11.0. The molecule has 0 fully saturated rings. The van der Waals surface area contributed by atoms with Gasteiger partial charge in [0.05, 0.1) is 0 Å². The van der Waals surface area contributed by atoms with Gasteiger partial charge in [0, 0.05) is 35.2 Å². The number of hydrogen-bond acceptors (Lipinski definition) is 3. The van der Waals surface area contributed by atoms with Gasteiger partial charge in [-0.2, -0.15) is 0 Å². The monoisotopic (exact) mass is 241 g/mol. The topological polar surface area (TPSA) is 67.8 Å². The Morgan fingerprint density at radius 3 is 3.06 bits per heavy atom. The molecule has 0 aliphatic heterocycles. The van der Waals surface area contributed by atoms with Crippen molar-refractivity contribution in [3.8, 4) is 11.3 Å². The van der Waals surface area contributed by atoms with E-state index in [1.54, 1.807) is 0 Å². The highest BCUT2D eigenvalue weighted by Gasteiger charge is 2.07. The number of H-pyrrole nitrogens is 1. The summed E-state index contributed by atoms with van der Waals surface area (Å²) in [4.78, 5) is 3.17. The van der Waals surface area contributed by atoms with E-state index in [0.717, 1.165) is 35.4 Å². The van der Waals surface area contributed by atoms with Crippen molar-refractivity contribution in [1.29, 1.82) is 0 Å². The molecule has 0 bridgehead atoms. The van der Waals surface area contributed by atoms with Crippen LogP contribution in [0, 0.1) is 0 Å². The summed E-state index contributed by atoms with van der Waals surface area (Å²) in [5.41, 5.74) is 8.56. The molecular formula is C14H15N3O. The van der Waals surface area contributed by atoms with Gasteiger partial charge in [-0.3, -0.25) is 0 Å². The van der Waals surface area contributed by atoms with Crippen molar-refractivity contribution >= 4 is 10.9 Å². The first-order valence-electron chi connectivity index (χ1n) is 6.10. The van der Waals surface area contributed by atoms with E-state index in [0.29, 0.717) is 6.54 Å². The van der Waals surface area contributed by atoms with Crippen molar-refractivity contribution in [2.45, 2.75) is 12.8 Å². The van der Waals surface area contributed by atoms with Crippen molar-refractivity contribution in [1.82, 2.24) is 10.1 Å². The van der Waals surface area contributed by atoms with Crippen LogP contribution in [0.15, 0.2) is 41.1 Å². The number of nitrogens with zero attached hydrogens (tertiary/aromatic N) is 1. The molecule has 0 spiro atoms. The van der Waals surface area contributed by atoms with Crippen molar-refractivity contribution in [2.24, 2.45) is 5.73 Å². The lowest BCUT2D eigenvalue weighted by Crippen LogP contribution is -1.99. The predicted octanol–water partition coefficient (Wildman–Crippen LogP) is 2.71. The van der Waals surface area contributed by atoms with Gasteiger partial charge >= 0.3 is 0 Å². The van der Waals surface area contributed by atoms with E-state index in [4.69, 9.17) is 10.3 Å². The largest absolute Gasteiger partial charge is 0.361 e. The first-order chi connectivity index (χ1) is 8.86. The summed E-state index contributed by atoms with van der Waals surface area (Å²) >= 11 is 0. The van der Waals surface area contributed by atoms with Crippen molar-refractivity contribution < 1.29 is 4.52 Å². The minimum atomic E-state index is 0.672. The molecule has 3 rings (SSSR count). The van der Waals surface area contributed by atoms with Crippen LogP contribution in [0.3, 0.4) is 0 Å². The minimum Gasteiger partial charge on any atom is -0.361 e. The maximum Gasteiger partial charge on any atom is 0.137 e. The van der Waals surface area contributed by atoms with E-state index in [-0.39, 0.29) is 0 Å². The molecule has 0 aliphatic rings. The van der Waals surface area contributed by atoms with E-state index >= 15 is 0 Å². The highest BCUT2D eigenvalue weighted by atomic mass is 16.5. The second kappa shape index (κ2) is 4.66. The van der Waals surface area contributed by atoms with Gasteiger partial charge in [-0.05, 0) is 31.2 Å². The summed E-state index contributed by atoms with van der Waals surface area (Å²) in [6.45, 7) is 0.672. The number of aromatic nitrogens is 2. The lowest BCUT2D eigenvalue weighted by molar-refractivity contribution is 0.383. The van der Waals surface area contributed by atoms with E-state index < -0.39 is 0 Å². The average molecular weight is 241 g/mol. The molecule has 0 atom stereocenters. The molecular weight excluding hydrogens is 226 g/mol. The third kappa shape index (κ3) is 2.02. The van der Waals surface area contributed by atoms with Gasteiger partial charge in [-0.15, -0.1) is 0 Å². The summed E-state index contributed by atoms with van der Waals surface area (Å²) in [6.07, 6.45) is 3.70. The number of rotatable bonds is 4. The third-order valence-electron chi connectivity index (χ3n) is 3.04. The maximum absolute atomic E-state index is 5.48. The summed E-state index contributed by atoms with van der Waals surface area (Å²) < 4.78 is 5.30. The molecule has 2 heterocycles. The molecule has 3 aromatic rings. The van der Waals surface area contributed by atoms with Crippen molar-refractivity contribution in [2.75, 3.05) is 6.54 Å². The second-order valence-electron chi connectivity index (χ2n) is 4.35. The molecule has 3 N–H and O–H groups in total. The fraction of sp³-hybridized carbons (Fsp3) is 0.214. The van der Waals surface area contributed by atoms with Gasteiger partial charge in [-0.1, -0.05) is 11.2 Å². The molecule has 2 aromatic heterocycles. The zero-order valence-corrected chi connectivity index (χ0v) is 10.0. The van der Waals surface area contributed by atoms with Crippen LogP contribution < -0.4 is 5.73 Å². The van der Waals surface area contributed by atoms with Crippen molar-refractivity contribution in [3.05, 3.63) is 42.3 Å². The van der Waals surface area contributed by atoms with Crippen LogP contribution in [0.1, 0.15) is 12.2 Å². The highest BCUT2D eigenvalue weighted by molar-refractivity contribution is 5.84. The molecule has 1 aromatic carbocycles. The van der Waals surface area contributed by atoms with Gasteiger partial charge < -0.3 is 15.2 Å². The molecule has 0 unspecified atom stereocenters.